The summed E-state index contributed by atoms with van der Waals surface area (Å²) in [6.07, 6.45) is 5.62. The van der Waals surface area contributed by atoms with Crippen molar-refractivity contribution in [3.05, 3.63) is 24.4 Å². The zero-order valence-electron chi connectivity index (χ0n) is 10.4. The zero-order valence-corrected chi connectivity index (χ0v) is 11.2. The minimum absolute atomic E-state index is 0.572. The molecule has 1 aliphatic heterocycles. The van der Waals surface area contributed by atoms with Crippen LogP contribution in [-0.4, -0.2) is 27.8 Å². The van der Waals surface area contributed by atoms with E-state index in [0.29, 0.717) is 6.04 Å². The van der Waals surface area contributed by atoms with E-state index in [1.807, 2.05) is 18.2 Å². The van der Waals surface area contributed by atoms with Crippen molar-refractivity contribution >= 4 is 16.5 Å². The lowest BCUT2D eigenvalue weighted by molar-refractivity contribution is 0.483. The van der Waals surface area contributed by atoms with Crippen LogP contribution < -0.4 is 4.90 Å². The molecule has 4 nitrogen and oxygen atoms in total. The molecule has 0 aliphatic carbocycles. The first-order chi connectivity index (χ1) is 8.84. The molecule has 1 fully saturated rings. The van der Waals surface area contributed by atoms with Crippen molar-refractivity contribution < 1.29 is 0 Å². The molecule has 1 atom stereocenters. The molecule has 94 valence electrons. The Labute approximate surface area is 111 Å². The van der Waals surface area contributed by atoms with Gasteiger partial charge < -0.3 is 4.90 Å². The maximum Gasteiger partial charge on any atom is 0.208 e. The highest BCUT2D eigenvalue weighted by Gasteiger charge is 2.22. The van der Waals surface area contributed by atoms with Crippen LogP contribution >= 0.6 is 11.3 Å². The van der Waals surface area contributed by atoms with Crippen LogP contribution in [0.4, 0.5) is 5.13 Å². The van der Waals surface area contributed by atoms with Gasteiger partial charge in [0.1, 0.15) is 5.69 Å². The number of hydrogen-bond acceptors (Lipinski definition) is 5. The Kier molecular flexibility index (Phi) is 3.23. The van der Waals surface area contributed by atoms with Crippen molar-refractivity contribution in [1.29, 1.82) is 0 Å². The average molecular weight is 260 g/mol. The third-order valence-corrected chi connectivity index (χ3v) is 4.33. The molecule has 0 spiro atoms. The maximum absolute atomic E-state index is 4.32. The van der Waals surface area contributed by atoms with Crippen LogP contribution in [0.2, 0.25) is 0 Å². The molecule has 0 aromatic carbocycles. The van der Waals surface area contributed by atoms with Crippen LogP contribution in [0.1, 0.15) is 26.2 Å². The van der Waals surface area contributed by atoms with E-state index in [1.54, 1.807) is 17.5 Å². The molecule has 3 rings (SSSR count). The first kappa shape index (κ1) is 11.6. The van der Waals surface area contributed by atoms with E-state index < -0.39 is 0 Å². The fourth-order valence-electron chi connectivity index (χ4n) is 2.31. The van der Waals surface area contributed by atoms with Crippen LogP contribution in [0.25, 0.3) is 10.7 Å². The molecule has 0 saturated carbocycles. The fraction of sp³-hybridized carbons (Fsp3) is 0.462. The third kappa shape index (κ3) is 2.22. The van der Waals surface area contributed by atoms with E-state index in [0.717, 1.165) is 22.4 Å². The molecule has 1 aliphatic rings. The number of rotatable bonds is 2. The van der Waals surface area contributed by atoms with Gasteiger partial charge in [0.2, 0.25) is 5.13 Å². The van der Waals surface area contributed by atoms with Crippen molar-refractivity contribution in [2.24, 2.45) is 0 Å². The Morgan fingerprint density at radius 3 is 3.00 bits per heavy atom. The summed E-state index contributed by atoms with van der Waals surface area (Å²) in [4.78, 5) is 6.68. The van der Waals surface area contributed by atoms with E-state index in [-0.39, 0.29) is 0 Å². The highest BCUT2D eigenvalue weighted by molar-refractivity contribution is 7.18. The normalized spacial score (nSPS) is 20.1. The Balaban J connectivity index is 1.85. The number of hydrogen-bond donors (Lipinski definition) is 0. The molecule has 18 heavy (non-hydrogen) atoms. The second kappa shape index (κ2) is 5.02. The van der Waals surface area contributed by atoms with Crippen molar-refractivity contribution in [2.75, 3.05) is 11.4 Å². The van der Waals surface area contributed by atoms with E-state index in [9.17, 15) is 0 Å². The van der Waals surface area contributed by atoms with Gasteiger partial charge in [0.15, 0.2) is 5.01 Å². The van der Waals surface area contributed by atoms with Crippen LogP contribution in [0, 0.1) is 0 Å². The Bertz CT molecular complexity index is 511. The van der Waals surface area contributed by atoms with Gasteiger partial charge in [0.25, 0.3) is 0 Å². The predicted molar refractivity (Wildman–Crippen MR) is 73.8 cm³/mol. The zero-order chi connectivity index (χ0) is 12.4. The molecule has 0 bridgehead atoms. The fourth-order valence-corrected chi connectivity index (χ4v) is 3.26. The van der Waals surface area contributed by atoms with Gasteiger partial charge in [-0.2, -0.15) is 0 Å². The number of piperidine rings is 1. The van der Waals surface area contributed by atoms with Gasteiger partial charge in [-0.05, 0) is 38.3 Å². The van der Waals surface area contributed by atoms with Gasteiger partial charge >= 0.3 is 0 Å². The molecule has 5 heteroatoms. The highest BCUT2D eigenvalue weighted by atomic mass is 32.1. The standard InChI is InChI=1S/C13H16N4S/c1-10-6-3-5-9-17(10)13-16-15-12(18-13)11-7-2-4-8-14-11/h2,4,7-8,10H,3,5-6,9H2,1H3. The maximum atomic E-state index is 4.32. The van der Waals surface area contributed by atoms with Gasteiger partial charge in [-0.15, -0.1) is 10.2 Å². The first-order valence-electron chi connectivity index (χ1n) is 6.36. The van der Waals surface area contributed by atoms with Gasteiger partial charge in [-0.1, -0.05) is 17.4 Å². The largest absolute Gasteiger partial charge is 0.344 e. The van der Waals surface area contributed by atoms with Crippen molar-refractivity contribution in [2.45, 2.75) is 32.2 Å². The number of aromatic nitrogens is 3. The quantitative estimate of drug-likeness (QED) is 0.832. The lowest BCUT2D eigenvalue weighted by Gasteiger charge is -2.32. The molecule has 2 aromatic heterocycles. The molecule has 1 unspecified atom stereocenters. The summed E-state index contributed by atoms with van der Waals surface area (Å²) in [5.41, 5.74) is 0.908. The Morgan fingerprint density at radius 1 is 1.28 bits per heavy atom. The van der Waals surface area contributed by atoms with Crippen LogP contribution in [0.3, 0.4) is 0 Å². The van der Waals surface area contributed by atoms with E-state index in [4.69, 9.17) is 0 Å². The molecule has 3 heterocycles. The molecule has 0 amide bonds. The minimum atomic E-state index is 0.572. The van der Waals surface area contributed by atoms with Gasteiger partial charge in [0.05, 0.1) is 0 Å². The minimum Gasteiger partial charge on any atom is -0.344 e. The molecule has 1 saturated heterocycles. The van der Waals surface area contributed by atoms with Crippen molar-refractivity contribution in [3.63, 3.8) is 0 Å². The van der Waals surface area contributed by atoms with Crippen molar-refractivity contribution in [1.82, 2.24) is 15.2 Å². The summed E-state index contributed by atoms with van der Waals surface area (Å²) >= 11 is 1.64. The lowest BCUT2D eigenvalue weighted by atomic mass is 10.1. The Morgan fingerprint density at radius 2 is 2.22 bits per heavy atom. The van der Waals surface area contributed by atoms with Gasteiger partial charge in [-0.3, -0.25) is 4.98 Å². The average Bonchev–Trinajstić information content (AvgIpc) is 2.90. The summed E-state index contributed by atoms with van der Waals surface area (Å²) in [5.74, 6) is 0. The number of anilines is 1. The monoisotopic (exact) mass is 260 g/mol. The number of pyridine rings is 1. The van der Waals surface area contributed by atoms with E-state index in [2.05, 4.69) is 27.0 Å². The SMILES string of the molecule is CC1CCCCN1c1nnc(-c2ccccn2)s1. The number of nitrogens with zero attached hydrogens (tertiary/aromatic N) is 4. The second-order valence-electron chi connectivity index (χ2n) is 4.64. The van der Waals surface area contributed by atoms with Crippen molar-refractivity contribution in [3.8, 4) is 10.7 Å². The van der Waals surface area contributed by atoms with E-state index >= 15 is 0 Å². The topological polar surface area (TPSA) is 41.9 Å². The summed E-state index contributed by atoms with van der Waals surface area (Å²) in [6.45, 7) is 3.36. The second-order valence-corrected chi connectivity index (χ2v) is 5.60. The van der Waals surface area contributed by atoms with E-state index in [1.165, 1.54) is 19.3 Å². The predicted octanol–water partition coefficient (Wildman–Crippen LogP) is 2.98. The molecule has 2 aromatic rings. The third-order valence-electron chi connectivity index (χ3n) is 3.35. The molecule has 0 radical (unpaired) electrons. The van der Waals surface area contributed by atoms with Crippen LogP contribution in [0.5, 0.6) is 0 Å². The summed E-state index contributed by atoms with van der Waals surface area (Å²) in [7, 11) is 0. The summed E-state index contributed by atoms with van der Waals surface area (Å²) in [5, 5.41) is 10.5. The van der Waals surface area contributed by atoms with Crippen LogP contribution in [-0.2, 0) is 0 Å². The summed E-state index contributed by atoms with van der Waals surface area (Å²) < 4.78 is 0. The van der Waals surface area contributed by atoms with Gasteiger partial charge in [-0.25, -0.2) is 0 Å². The highest BCUT2D eigenvalue weighted by Crippen LogP contribution is 2.31. The molecule has 0 N–H and O–H groups in total. The molecular formula is C13H16N4S. The Hall–Kier alpha value is -1.49. The lowest BCUT2D eigenvalue weighted by Crippen LogP contribution is -2.37. The molecular weight excluding hydrogens is 244 g/mol. The first-order valence-corrected chi connectivity index (χ1v) is 7.18. The van der Waals surface area contributed by atoms with Crippen LogP contribution in [0.15, 0.2) is 24.4 Å². The van der Waals surface area contributed by atoms with Gasteiger partial charge in [0, 0.05) is 18.8 Å². The smallest absolute Gasteiger partial charge is 0.208 e. The summed E-state index contributed by atoms with van der Waals surface area (Å²) in [6, 6.07) is 6.44.